The van der Waals surface area contributed by atoms with E-state index in [4.69, 9.17) is 4.74 Å². The zero-order chi connectivity index (χ0) is 15.9. The molecule has 0 bridgehead atoms. The Morgan fingerprint density at radius 2 is 2.09 bits per heavy atom. The molecule has 7 heteroatoms. The van der Waals surface area contributed by atoms with E-state index in [1.54, 1.807) is 13.1 Å². The first-order chi connectivity index (χ1) is 10.5. The summed E-state index contributed by atoms with van der Waals surface area (Å²) in [4.78, 5) is 13.4. The van der Waals surface area contributed by atoms with Gasteiger partial charge in [-0.05, 0) is 19.4 Å². The van der Waals surface area contributed by atoms with Gasteiger partial charge in [0.25, 0.3) is 0 Å². The summed E-state index contributed by atoms with van der Waals surface area (Å²) in [6, 6.07) is 0. The minimum Gasteiger partial charge on any atom is -0.379 e. The van der Waals surface area contributed by atoms with Gasteiger partial charge in [-0.25, -0.2) is 9.37 Å². The van der Waals surface area contributed by atoms with Gasteiger partial charge in [0.2, 0.25) is 0 Å². The lowest BCUT2D eigenvalue weighted by Gasteiger charge is -2.28. The van der Waals surface area contributed by atoms with Gasteiger partial charge in [-0.2, -0.15) is 9.37 Å². The summed E-state index contributed by atoms with van der Waals surface area (Å²) in [6.45, 7) is 6.42. The first kappa shape index (κ1) is 15.0. The van der Waals surface area contributed by atoms with Gasteiger partial charge in [-0.15, -0.1) is 0 Å². The number of aryl methyl sites for hydroxylation is 2. The molecule has 118 valence electrons. The van der Waals surface area contributed by atoms with E-state index in [1.165, 1.54) is 4.90 Å². The van der Waals surface area contributed by atoms with Crippen LogP contribution in [0.3, 0.4) is 0 Å². The maximum atomic E-state index is 14.7. The highest BCUT2D eigenvalue weighted by Crippen LogP contribution is 2.30. The first-order valence-electron chi connectivity index (χ1n) is 7.27. The van der Waals surface area contributed by atoms with E-state index in [0.29, 0.717) is 30.7 Å². The minimum absolute atomic E-state index is 0.239. The molecule has 0 spiro atoms. The van der Waals surface area contributed by atoms with E-state index in [1.807, 2.05) is 13.8 Å². The van der Waals surface area contributed by atoms with Gasteiger partial charge < -0.3 is 9.64 Å². The monoisotopic (exact) mass is 308 g/mol. The average molecular weight is 308 g/mol. The van der Waals surface area contributed by atoms with Crippen LogP contribution >= 0.6 is 0 Å². The predicted molar refractivity (Wildman–Crippen MR) is 79.0 cm³/mol. The number of fused-ring (bicyclic) bond motifs is 1. The lowest BCUT2D eigenvalue weighted by Crippen LogP contribution is -2.38. The molecule has 0 aromatic carbocycles. The standard InChI is InChI=1S/C15H18F2N4O/c1-8-7-22-5-4-21(13(8)16)14-11-6-18-10(3)9(2)12(11)19-15(17)20-14/h6,8,13H,4-5,7H2,1-3H3. The fraction of sp³-hybridized carbons (Fsp3) is 0.533. The highest BCUT2D eigenvalue weighted by atomic mass is 19.1. The quantitative estimate of drug-likeness (QED) is 0.598. The Morgan fingerprint density at radius 3 is 2.86 bits per heavy atom. The molecule has 2 aromatic heterocycles. The molecule has 1 aliphatic rings. The summed E-state index contributed by atoms with van der Waals surface area (Å²) < 4.78 is 33.9. The van der Waals surface area contributed by atoms with Crippen LogP contribution in [0.1, 0.15) is 18.2 Å². The maximum absolute atomic E-state index is 14.7. The molecule has 2 unspecified atom stereocenters. The van der Waals surface area contributed by atoms with Crippen LogP contribution in [0.2, 0.25) is 0 Å². The fourth-order valence-electron chi connectivity index (χ4n) is 2.65. The van der Waals surface area contributed by atoms with Gasteiger partial charge >= 0.3 is 6.08 Å². The number of pyridine rings is 1. The Hall–Kier alpha value is -1.89. The summed E-state index contributed by atoms with van der Waals surface area (Å²) in [5.74, 6) is -0.0852. The highest BCUT2D eigenvalue weighted by Gasteiger charge is 2.30. The molecule has 0 amide bonds. The normalized spacial score (nSPS) is 22.9. The molecule has 1 fully saturated rings. The molecule has 5 nitrogen and oxygen atoms in total. The number of ether oxygens (including phenoxy) is 1. The van der Waals surface area contributed by atoms with Crippen LogP contribution in [-0.4, -0.2) is 41.0 Å². The fourth-order valence-corrected chi connectivity index (χ4v) is 2.65. The molecule has 0 saturated carbocycles. The third-order valence-corrected chi connectivity index (χ3v) is 4.08. The van der Waals surface area contributed by atoms with Crippen molar-refractivity contribution < 1.29 is 13.5 Å². The van der Waals surface area contributed by atoms with Gasteiger partial charge in [0.1, 0.15) is 5.82 Å². The molecule has 1 aliphatic heterocycles. The largest absolute Gasteiger partial charge is 0.379 e. The zero-order valence-corrected chi connectivity index (χ0v) is 12.8. The van der Waals surface area contributed by atoms with E-state index < -0.39 is 12.4 Å². The smallest absolute Gasteiger partial charge is 0.311 e. The van der Waals surface area contributed by atoms with Crippen molar-refractivity contribution in [2.75, 3.05) is 24.7 Å². The molecule has 0 aliphatic carbocycles. The van der Waals surface area contributed by atoms with Gasteiger partial charge in [0, 0.05) is 24.4 Å². The molecule has 3 heterocycles. The lowest BCUT2D eigenvalue weighted by molar-refractivity contribution is 0.105. The topological polar surface area (TPSA) is 51.1 Å². The number of halogens is 2. The SMILES string of the molecule is Cc1ncc2c(N3CCOCC(C)C3F)nc(F)nc2c1C. The van der Waals surface area contributed by atoms with Crippen LogP contribution in [-0.2, 0) is 4.74 Å². The lowest BCUT2D eigenvalue weighted by atomic mass is 10.1. The third kappa shape index (κ3) is 2.49. The molecular formula is C15H18F2N4O. The molecular weight excluding hydrogens is 290 g/mol. The van der Waals surface area contributed by atoms with Crippen molar-refractivity contribution in [3.05, 3.63) is 23.5 Å². The van der Waals surface area contributed by atoms with E-state index in [0.717, 1.165) is 11.3 Å². The Morgan fingerprint density at radius 1 is 1.32 bits per heavy atom. The average Bonchev–Trinajstić information content (AvgIpc) is 2.65. The van der Waals surface area contributed by atoms with Crippen LogP contribution in [0.15, 0.2) is 6.20 Å². The van der Waals surface area contributed by atoms with Crippen molar-refractivity contribution in [1.29, 1.82) is 0 Å². The van der Waals surface area contributed by atoms with Crippen LogP contribution < -0.4 is 4.90 Å². The first-order valence-corrected chi connectivity index (χ1v) is 7.27. The summed E-state index contributed by atoms with van der Waals surface area (Å²) in [7, 11) is 0. The predicted octanol–water partition coefficient (Wildman–Crippen LogP) is 2.55. The van der Waals surface area contributed by atoms with Crippen molar-refractivity contribution in [1.82, 2.24) is 15.0 Å². The van der Waals surface area contributed by atoms with Crippen molar-refractivity contribution in [2.45, 2.75) is 27.1 Å². The van der Waals surface area contributed by atoms with Crippen molar-refractivity contribution in [2.24, 2.45) is 5.92 Å². The van der Waals surface area contributed by atoms with E-state index in [-0.39, 0.29) is 11.7 Å². The Bertz CT molecular complexity index is 709. The van der Waals surface area contributed by atoms with Crippen LogP contribution in [0.25, 0.3) is 10.9 Å². The maximum Gasteiger partial charge on any atom is 0.311 e. The van der Waals surface area contributed by atoms with Gasteiger partial charge in [0.15, 0.2) is 6.30 Å². The summed E-state index contributed by atoms with van der Waals surface area (Å²) in [5.41, 5.74) is 2.01. The minimum atomic E-state index is -1.29. The number of alkyl halides is 1. The summed E-state index contributed by atoms with van der Waals surface area (Å²) in [5, 5.41) is 0.557. The van der Waals surface area contributed by atoms with E-state index >= 15 is 0 Å². The molecule has 2 atom stereocenters. The molecule has 0 radical (unpaired) electrons. The molecule has 2 aromatic rings. The Labute approximate surface area is 127 Å². The number of hydrogen-bond acceptors (Lipinski definition) is 5. The van der Waals surface area contributed by atoms with Gasteiger partial charge in [0.05, 0.1) is 24.1 Å². The van der Waals surface area contributed by atoms with Crippen molar-refractivity contribution in [3.63, 3.8) is 0 Å². The summed E-state index contributed by atoms with van der Waals surface area (Å²) >= 11 is 0. The molecule has 1 saturated heterocycles. The van der Waals surface area contributed by atoms with E-state index in [2.05, 4.69) is 15.0 Å². The number of anilines is 1. The molecule has 3 rings (SSSR count). The zero-order valence-electron chi connectivity index (χ0n) is 12.8. The van der Waals surface area contributed by atoms with E-state index in [9.17, 15) is 8.78 Å². The third-order valence-electron chi connectivity index (χ3n) is 4.08. The van der Waals surface area contributed by atoms with Crippen LogP contribution in [0, 0.1) is 25.8 Å². The van der Waals surface area contributed by atoms with Crippen molar-refractivity contribution in [3.8, 4) is 0 Å². The molecule has 0 N–H and O–H groups in total. The Balaban J connectivity index is 2.19. The summed E-state index contributed by atoms with van der Waals surface area (Å²) in [6.07, 6.45) is -0.571. The number of nitrogens with zero attached hydrogens (tertiary/aromatic N) is 4. The number of aromatic nitrogens is 3. The second-order valence-corrected chi connectivity index (χ2v) is 5.67. The van der Waals surface area contributed by atoms with Crippen LogP contribution in [0.4, 0.5) is 14.6 Å². The second-order valence-electron chi connectivity index (χ2n) is 5.67. The highest BCUT2D eigenvalue weighted by molar-refractivity contribution is 5.91. The van der Waals surface area contributed by atoms with Gasteiger partial charge in [-0.1, -0.05) is 6.92 Å². The second kappa shape index (κ2) is 5.72. The Kier molecular flexibility index (Phi) is 3.90. The van der Waals surface area contributed by atoms with Crippen LogP contribution in [0.5, 0.6) is 0 Å². The van der Waals surface area contributed by atoms with Crippen molar-refractivity contribution >= 4 is 16.7 Å². The number of hydrogen-bond donors (Lipinski definition) is 0. The molecule has 22 heavy (non-hydrogen) atoms. The number of rotatable bonds is 1. The van der Waals surface area contributed by atoms with Gasteiger partial charge in [-0.3, -0.25) is 4.98 Å².